The maximum Gasteiger partial charge on any atom is 0.0547 e. The van der Waals surface area contributed by atoms with Crippen LogP contribution >= 0.6 is 0 Å². The highest BCUT2D eigenvalue weighted by Crippen LogP contribution is 2.25. The van der Waals surface area contributed by atoms with Gasteiger partial charge < -0.3 is 4.74 Å². The molecule has 3 rings (SSSR count). The van der Waals surface area contributed by atoms with Crippen LogP contribution in [0.2, 0.25) is 0 Å². The lowest BCUT2D eigenvalue weighted by molar-refractivity contribution is 0.0566. The maximum atomic E-state index is 5.88. The predicted molar refractivity (Wildman–Crippen MR) is 147 cm³/mol. The van der Waals surface area contributed by atoms with Gasteiger partial charge >= 0.3 is 0 Å². The van der Waals surface area contributed by atoms with Gasteiger partial charge in [0.05, 0.1) is 6.10 Å². The second-order valence-corrected chi connectivity index (χ2v) is 8.95. The van der Waals surface area contributed by atoms with Crippen molar-refractivity contribution in [1.82, 2.24) is 4.98 Å². The minimum absolute atomic E-state index is 0.365. The van der Waals surface area contributed by atoms with Crippen molar-refractivity contribution in [3.63, 3.8) is 0 Å². The number of benzene rings is 2. The van der Waals surface area contributed by atoms with Crippen LogP contribution in [0.5, 0.6) is 0 Å². The van der Waals surface area contributed by atoms with Gasteiger partial charge in [-0.15, -0.1) is 6.58 Å². The summed E-state index contributed by atoms with van der Waals surface area (Å²) in [6.45, 7) is 9.09. The molecule has 0 fully saturated rings. The van der Waals surface area contributed by atoms with E-state index in [4.69, 9.17) is 4.74 Å². The van der Waals surface area contributed by atoms with Crippen molar-refractivity contribution in [1.29, 1.82) is 0 Å². The van der Waals surface area contributed by atoms with Crippen molar-refractivity contribution in [2.24, 2.45) is 0 Å². The number of nitrogens with zero attached hydrogens (tertiary/aromatic N) is 1. The van der Waals surface area contributed by atoms with Crippen LogP contribution in [0.4, 0.5) is 0 Å². The molecule has 1 atom stereocenters. The zero-order valence-corrected chi connectivity index (χ0v) is 20.9. The number of aromatic nitrogens is 1. The Morgan fingerprint density at radius 1 is 0.853 bits per heavy atom. The highest BCUT2D eigenvalue weighted by Gasteiger charge is 2.03. The number of hydrogen-bond acceptors (Lipinski definition) is 2. The summed E-state index contributed by atoms with van der Waals surface area (Å²) in [7, 11) is 0. The van der Waals surface area contributed by atoms with Crippen LogP contribution in [0.3, 0.4) is 0 Å². The standard InChI is InChI=1S/C32H39NO/c1-4-6-10-24-34-26(3)12-8-7-9-13-27-14-16-28(17-15-27)29-18-20-30(21-19-29)31-22-23-32(11-5-2)33-25-31/h5,9,13-23,25-26H,2,4,6-8,10-12,24H2,1,3H3. The van der Waals surface area contributed by atoms with E-state index < -0.39 is 0 Å². The molecule has 2 aromatic carbocycles. The van der Waals surface area contributed by atoms with Crippen LogP contribution in [0.25, 0.3) is 28.3 Å². The van der Waals surface area contributed by atoms with Crippen LogP contribution in [-0.2, 0) is 11.2 Å². The van der Waals surface area contributed by atoms with E-state index in [1.807, 2.05) is 12.3 Å². The summed E-state index contributed by atoms with van der Waals surface area (Å²) in [5.74, 6) is 0. The normalized spacial score (nSPS) is 12.2. The molecular formula is C32H39NO. The molecule has 0 aliphatic heterocycles. The van der Waals surface area contributed by atoms with Crippen LogP contribution < -0.4 is 0 Å². The van der Waals surface area contributed by atoms with Crippen molar-refractivity contribution in [2.45, 2.75) is 64.9 Å². The lowest BCUT2D eigenvalue weighted by atomic mass is 10.00. The summed E-state index contributed by atoms with van der Waals surface area (Å²) >= 11 is 0. The number of allylic oxidation sites excluding steroid dienone is 2. The molecule has 0 radical (unpaired) electrons. The molecule has 0 bridgehead atoms. The third-order valence-electron chi connectivity index (χ3n) is 6.08. The SMILES string of the molecule is C=CCc1ccc(-c2ccc(-c3ccc(C=CCCCC(C)OCCCCC)cc3)cc2)cn1. The lowest BCUT2D eigenvalue weighted by Crippen LogP contribution is -2.08. The van der Waals surface area contributed by atoms with E-state index in [0.29, 0.717) is 6.10 Å². The molecule has 0 saturated heterocycles. The summed E-state index contributed by atoms with van der Waals surface area (Å²) in [6, 6.07) is 21.7. The first kappa shape index (κ1) is 25.6. The number of pyridine rings is 1. The molecule has 34 heavy (non-hydrogen) atoms. The van der Waals surface area contributed by atoms with Gasteiger partial charge in [-0.25, -0.2) is 0 Å². The Hall–Kier alpha value is -2.97. The number of unbranched alkanes of at least 4 members (excludes halogenated alkanes) is 3. The third-order valence-corrected chi connectivity index (χ3v) is 6.08. The van der Waals surface area contributed by atoms with Gasteiger partial charge in [0.15, 0.2) is 0 Å². The first-order valence-electron chi connectivity index (χ1n) is 12.7. The molecule has 1 unspecified atom stereocenters. The zero-order chi connectivity index (χ0) is 24.0. The Morgan fingerprint density at radius 3 is 2.12 bits per heavy atom. The fraction of sp³-hybridized carbons (Fsp3) is 0.344. The third kappa shape index (κ3) is 8.43. The van der Waals surface area contributed by atoms with Gasteiger partial charge in [0, 0.05) is 30.5 Å². The van der Waals surface area contributed by atoms with E-state index in [1.165, 1.54) is 47.9 Å². The van der Waals surface area contributed by atoms with Gasteiger partial charge in [-0.05, 0) is 60.9 Å². The van der Waals surface area contributed by atoms with Crippen molar-refractivity contribution in [2.75, 3.05) is 6.61 Å². The quantitative estimate of drug-likeness (QED) is 0.179. The molecule has 3 aromatic rings. The van der Waals surface area contributed by atoms with Gasteiger partial charge in [0.1, 0.15) is 0 Å². The Bertz CT molecular complexity index is 1000. The fourth-order valence-corrected chi connectivity index (χ4v) is 3.97. The zero-order valence-electron chi connectivity index (χ0n) is 20.9. The predicted octanol–water partition coefficient (Wildman–Crippen LogP) is 8.92. The minimum Gasteiger partial charge on any atom is -0.379 e. The molecular weight excluding hydrogens is 414 g/mol. The van der Waals surface area contributed by atoms with Gasteiger partial charge in [0.25, 0.3) is 0 Å². The van der Waals surface area contributed by atoms with E-state index in [0.717, 1.165) is 37.1 Å². The second kappa shape index (κ2) is 14.3. The van der Waals surface area contributed by atoms with Crippen LogP contribution in [-0.4, -0.2) is 17.7 Å². The molecule has 178 valence electrons. The largest absolute Gasteiger partial charge is 0.379 e. The van der Waals surface area contributed by atoms with Gasteiger partial charge in [-0.1, -0.05) is 92.6 Å². The molecule has 0 saturated carbocycles. The van der Waals surface area contributed by atoms with Crippen LogP contribution in [0.15, 0.2) is 85.6 Å². The first-order valence-corrected chi connectivity index (χ1v) is 12.7. The second-order valence-electron chi connectivity index (χ2n) is 8.95. The smallest absolute Gasteiger partial charge is 0.0547 e. The summed E-state index contributed by atoms with van der Waals surface area (Å²) < 4.78 is 5.88. The summed E-state index contributed by atoms with van der Waals surface area (Å²) in [5.41, 5.74) is 7.07. The molecule has 0 aliphatic carbocycles. The molecule has 1 heterocycles. The number of rotatable bonds is 14. The Kier molecular flexibility index (Phi) is 10.8. The maximum absolute atomic E-state index is 5.88. The molecule has 0 amide bonds. The lowest BCUT2D eigenvalue weighted by Gasteiger charge is -2.12. The molecule has 2 heteroatoms. The molecule has 0 N–H and O–H groups in total. The highest BCUT2D eigenvalue weighted by molar-refractivity contribution is 5.71. The monoisotopic (exact) mass is 453 g/mol. The average molecular weight is 454 g/mol. The van der Waals surface area contributed by atoms with E-state index >= 15 is 0 Å². The minimum atomic E-state index is 0.365. The van der Waals surface area contributed by atoms with Crippen LogP contribution in [0, 0.1) is 0 Å². The Labute approximate surface area is 206 Å². The molecule has 0 spiro atoms. The molecule has 1 aromatic heterocycles. The van der Waals surface area contributed by atoms with Crippen molar-refractivity contribution < 1.29 is 4.74 Å². The van der Waals surface area contributed by atoms with Gasteiger partial charge in [-0.2, -0.15) is 0 Å². The molecule has 0 aliphatic rings. The summed E-state index contributed by atoms with van der Waals surface area (Å²) in [6.07, 6.45) is 16.6. The van der Waals surface area contributed by atoms with Gasteiger partial charge in [-0.3, -0.25) is 4.98 Å². The van der Waals surface area contributed by atoms with E-state index in [9.17, 15) is 0 Å². The fourth-order valence-electron chi connectivity index (χ4n) is 3.97. The number of ether oxygens (including phenoxy) is 1. The van der Waals surface area contributed by atoms with Crippen LogP contribution in [0.1, 0.15) is 63.6 Å². The highest BCUT2D eigenvalue weighted by atomic mass is 16.5. The van der Waals surface area contributed by atoms with E-state index in [1.54, 1.807) is 0 Å². The van der Waals surface area contributed by atoms with Gasteiger partial charge in [0.2, 0.25) is 0 Å². The Morgan fingerprint density at radius 2 is 1.50 bits per heavy atom. The van der Waals surface area contributed by atoms with Crippen molar-refractivity contribution in [3.8, 4) is 22.3 Å². The summed E-state index contributed by atoms with van der Waals surface area (Å²) in [5, 5.41) is 0. The summed E-state index contributed by atoms with van der Waals surface area (Å²) in [4.78, 5) is 4.51. The number of hydrogen-bond donors (Lipinski definition) is 0. The van der Waals surface area contributed by atoms with Crippen molar-refractivity contribution >= 4 is 6.08 Å². The molecule has 2 nitrogen and oxygen atoms in total. The van der Waals surface area contributed by atoms with E-state index in [-0.39, 0.29) is 0 Å². The van der Waals surface area contributed by atoms with E-state index in [2.05, 4.69) is 98.2 Å². The van der Waals surface area contributed by atoms with Crippen molar-refractivity contribution in [3.05, 3.63) is 96.8 Å². The first-order chi connectivity index (χ1) is 16.7. The average Bonchev–Trinajstić information content (AvgIpc) is 2.88. The Balaban J connectivity index is 1.46. The topological polar surface area (TPSA) is 22.1 Å².